The number of ether oxygens (including phenoxy) is 1. The van der Waals surface area contributed by atoms with Gasteiger partial charge in [-0.2, -0.15) is 0 Å². The lowest BCUT2D eigenvalue weighted by atomic mass is 9.97. The molecule has 29 heavy (non-hydrogen) atoms. The standard InChI is InChI=1S/C23H19BrN2O3/c24-17-7-11-19(12-8-17)25-22(27)16-5-9-18(10-6-16)26-23(28)21-20-4-2-1-3-15(20)13-14-29-21/h1-12,21H,13-14H2,(H,25,27)(H,26,28). The molecule has 0 bridgehead atoms. The van der Waals surface area contributed by atoms with Gasteiger partial charge in [-0.25, -0.2) is 0 Å². The molecule has 1 unspecified atom stereocenters. The highest BCUT2D eigenvalue weighted by molar-refractivity contribution is 9.10. The van der Waals surface area contributed by atoms with E-state index in [1.807, 2.05) is 48.5 Å². The first-order valence-corrected chi connectivity index (χ1v) is 10.1. The number of nitrogens with one attached hydrogen (secondary N) is 2. The first-order chi connectivity index (χ1) is 14.1. The van der Waals surface area contributed by atoms with Gasteiger partial charge in [0.1, 0.15) is 0 Å². The molecular weight excluding hydrogens is 432 g/mol. The van der Waals surface area contributed by atoms with Crippen LogP contribution in [0.2, 0.25) is 0 Å². The van der Waals surface area contributed by atoms with Crippen molar-refractivity contribution in [3.63, 3.8) is 0 Å². The maximum Gasteiger partial charge on any atom is 0.258 e. The molecule has 1 heterocycles. The molecule has 1 aliphatic heterocycles. The zero-order valence-corrected chi connectivity index (χ0v) is 17.1. The van der Waals surface area contributed by atoms with E-state index in [1.165, 1.54) is 0 Å². The summed E-state index contributed by atoms with van der Waals surface area (Å²) in [5, 5.41) is 5.71. The van der Waals surface area contributed by atoms with Gasteiger partial charge in [-0.05, 0) is 66.1 Å². The smallest absolute Gasteiger partial charge is 0.258 e. The van der Waals surface area contributed by atoms with Crippen LogP contribution in [0.25, 0.3) is 0 Å². The van der Waals surface area contributed by atoms with E-state index in [1.54, 1.807) is 24.3 Å². The molecule has 0 saturated carbocycles. The highest BCUT2D eigenvalue weighted by Crippen LogP contribution is 2.28. The fraction of sp³-hybridized carbons (Fsp3) is 0.130. The average molecular weight is 451 g/mol. The fourth-order valence-corrected chi connectivity index (χ4v) is 3.52. The van der Waals surface area contributed by atoms with Crippen LogP contribution < -0.4 is 10.6 Å². The summed E-state index contributed by atoms with van der Waals surface area (Å²) in [5.74, 6) is -0.432. The van der Waals surface area contributed by atoms with Gasteiger partial charge in [-0.3, -0.25) is 9.59 Å². The number of hydrogen-bond acceptors (Lipinski definition) is 3. The quantitative estimate of drug-likeness (QED) is 0.590. The van der Waals surface area contributed by atoms with Gasteiger partial charge >= 0.3 is 0 Å². The van der Waals surface area contributed by atoms with Crippen LogP contribution in [-0.2, 0) is 16.0 Å². The van der Waals surface area contributed by atoms with Gasteiger partial charge in [-0.1, -0.05) is 40.2 Å². The van der Waals surface area contributed by atoms with E-state index in [4.69, 9.17) is 4.74 Å². The summed E-state index contributed by atoms with van der Waals surface area (Å²) in [6, 6.07) is 22.0. The normalized spacial score (nSPS) is 15.3. The van der Waals surface area contributed by atoms with Gasteiger partial charge in [0.2, 0.25) is 0 Å². The molecule has 3 aromatic carbocycles. The van der Waals surface area contributed by atoms with Crippen molar-refractivity contribution in [3.05, 3.63) is 94.0 Å². The number of hydrogen-bond donors (Lipinski definition) is 2. The second-order valence-electron chi connectivity index (χ2n) is 6.73. The van der Waals surface area contributed by atoms with E-state index in [2.05, 4.69) is 26.6 Å². The molecular formula is C23H19BrN2O3. The summed E-state index contributed by atoms with van der Waals surface area (Å²) in [7, 11) is 0. The van der Waals surface area contributed by atoms with E-state index in [0.29, 0.717) is 23.5 Å². The molecule has 146 valence electrons. The Morgan fingerprint density at radius 3 is 2.28 bits per heavy atom. The van der Waals surface area contributed by atoms with Crippen molar-refractivity contribution in [3.8, 4) is 0 Å². The Labute approximate surface area is 177 Å². The largest absolute Gasteiger partial charge is 0.363 e. The molecule has 0 radical (unpaired) electrons. The van der Waals surface area contributed by atoms with Crippen LogP contribution in [0.15, 0.2) is 77.3 Å². The van der Waals surface area contributed by atoms with Crippen molar-refractivity contribution < 1.29 is 14.3 Å². The average Bonchev–Trinajstić information content (AvgIpc) is 2.75. The molecule has 4 rings (SSSR count). The summed E-state index contributed by atoms with van der Waals surface area (Å²) in [6.45, 7) is 0.518. The van der Waals surface area contributed by atoms with Crippen LogP contribution in [0.4, 0.5) is 11.4 Å². The molecule has 5 nitrogen and oxygen atoms in total. The third-order valence-corrected chi connectivity index (χ3v) is 5.28. The van der Waals surface area contributed by atoms with Crippen molar-refractivity contribution in [1.82, 2.24) is 0 Å². The van der Waals surface area contributed by atoms with Crippen LogP contribution in [0, 0.1) is 0 Å². The second-order valence-corrected chi connectivity index (χ2v) is 7.64. The lowest BCUT2D eigenvalue weighted by Gasteiger charge is -2.25. The molecule has 2 N–H and O–H groups in total. The Balaban J connectivity index is 1.41. The van der Waals surface area contributed by atoms with E-state index >= 15 is 0 Å². The number of halogens is 1. The Bertz CT molecular complexity index is 1030. The van der Waals surface area contributed by atoms with Crippen LogP contribution in [0.1, 0.15) is 27.6 Å². The molecule has 0 spiro atoms. The lowest BCUT2D eigenvalue weighted by molar-refractivity contribution is -0.128. The Morgan fingerprint density at radius 1 is 0.862 bits per heavy atom. The summed E-state index contributed by atoms with van der Waals surface area (Å²) >= 11 is 3.37. The van der Waals surface area contributed by atoms with Crippen LogP contribution in [-0.4, -0.2) is 18.4 Å². The highest BCUT2D eigenvalue weighted by Gasteiger charge is 2.27. The first-order valence-electron chi connectivity index (χ1n) is 9.27. The van der Waals surface area contributed by atoms with Gasteiger partial charge < -0.3 is 15.4 Å². The minimum atomic E-state index is -0.625. The SMILES string of the molecule is O=C(Nc1ccc(Br)cc1)c1ccc(NC(=O)C2OCCc3ccccc32)cc1. The molecule has 0 fully saturated rings. The molecule has 2 amide bonds. The number of rotatable bonds is 4. The molecule has 0 aliphatic carbocycles. The second kappa shape index (κ2) is 8.59. The predicted molar refractivity (Wildman–Crippen MR) is 116 cm³/mol. The van der Waals surface area contributed by atoms with Crippen molar-refractivity contribution in [2.45, 2.75) is 12.5 Å². The van der Waals surface area contributed by atoms with Crippen molar-refractivity contribution in [1.29, 1.82) is 0 Å². The number of carbonyl (C=O) groups is 2. The van der Waals surface area contributed by atoms with Crippen molar-refractivity contribution in [2.75, 3.05) is 17.2 Å². The van der Waals surface area contributed by atoms with Gasteiger partial charge in [0.15, 0.2) is 6.10 Å². The molecule has 1 atom stereocenters. The molecule has 6 heteroatoms. The molecule has 1 aliphatic rings. The van der Waals surface area contributed by atoms with Gasteiger partial charge in [-0.15, -0.1) is 0 Å². The minimum Gasteiger partial charge on any atom is -0.363 e. The van der Waals surface area contributed by atoms with E-state index < -0.39 is 6.10 Å². The summed E-state index contributed by atoms with van der Waals surface area (Å²) in [6.07, 6.45) is 0.183. The third kappa shape index (κ3) is 4.55. The van der Waals surface area contributed by atoms with Gasteiger partial charge in [0.25, 0.3) is 11.8 Å². The maximum absolute atomic E-state index is 12.7. The van der Waals surface area contributed by atoms with E-state index in [9.17, 15) is 9.59 Å². The molecule has 0 saturated heterocycles. The Hall–Kier alpha value is -2.96. The number of benzene rings is 3. The molecule has 3 aromatic rings. The van der Waals surface area contributed by atoms with Crippen LogP contribution in [0.5, 0.6) is 0 Å². The monoisotopic (exact) mass is 450 g/mol. The maximum atomic E-state index is 12.7. The minimum absolute atomic E-state index is 0.213. The van der Waals surface area contributed by atoms with Gasteiger partial charge in [0, 0.05) is 21.4 Å². The number of fused-ring (bicyclic) bond motifs is 1. The summed E-state index contributed by atoms with van der Waals surface area (Å²) in [5.41, 5.74) is 3.87. The summed E-state index contributed by atoms with van der Waals surface area (Å²) < 4.78 is 6.64. The predicted octanol–water partition coefficient (Wildman–Crippen LogP) is 4.95. The number of amides is 2. The first kappa shape index (κ1) is 19.4. The highest BCUT2D eigenvalue weighted by atomic mass is 79.9. The third-order valence-electron chi connectivity index (χ3n) is 4.75. The van der Waals surface area contributed by atoms with Crippen molar-refractivity contribution in [2.24, 2.45) is 0 Å². The van der Waals surface area contributed by atoms with E-state index in [-0.39, 0.29) is 11.8 Å². The molecule has 0 aromatic heterocycles. The van der Waals surface area contributed by atoms with Crippen molar-refractivity contribution >= 4 is 39.1 Å². The zero-order valence-electron chi connectivity index (χ0n) is 15.5. The summed E-state index contributed by atoms with van der Waals surface area (Å²) in [4.78, 5) is 25.1. The zero-order chi connectivity index (χ0) is 20.2. The fourth-order valence-electron chi connectivity index (χ4n) is 3.26. The Morgan fingerprint density at radius 2 is 1.52 bits per heavy atom. The van der Waals surface area contributed by atoms with E-state index in [0.717, 1.165) is 22.0 Å². The lowest BCUT2D eigenvalue weighted by Crippen LogP contribution is -2.28. The van der Waals surface area contributed by atoms with Gasteiger partial charge in [0.05, 0.1) is 6.61 Å². The number of carbonyl (C=O) groups excluding carboxylic acids is 2. The number of anilines is 2. The van der Waals surface area contributed by atoms with Crippen LogP contribution >= 0.6 is 15.9 Å². The topological polar surface area (TPSA) is 67.4 Å². The van der Waals surface area contributed by atoms with Crippen LogP contribution in [0.3, 0.4) is 0 Å². The Kier molecular flexibility index (Phi) is 5.74.